The van der Waals surface area contributed by atoms with Crippen LogP contribution >= 0.6 is 0 Å². The van der Waals surface area contributed by atoms with E-state index in [-0.39, 0.29) is 29.5 Å². The van der Waals surface area contributed by atoms with E-state index in [4.69, 9.17) is 9.47 Å². The fraction of sp³-hybridized carbons (Fsp3) is 0.786. The number of epoxide rings is 1. The summed E-state index contributed by atoms with van der Waals surface area (Å²) in [5, 5.41) is 24.3. The highest BCUT2D eigenvalue weighted by Gasteiger charge is 2.79. The van der Waals surface area contributed by atoms with Gasteiger partial charge in [0.2, 0.25) is 0 Å². The predicted octanol–water partition coefficient (Wildman–Crippen LogP) is 3.78. The largest absolute Gasteiger partial charge is 0.455 e. The molecule has 186 valence electrons. The van der Waals surface area contributed by atoms with Crippen LogP contribution in [0.25, 0.3) is 0 Å². The van der Waals surface area contributed by atoms with Crippen LogP contribution in [-0.2, 0) is 19.1 Å². The summed E-state index contributed by atoms with van der Waals surface area (Å²) in [5.41, 5.74) is -1.66. The molecular formula is C28H38O6. The number of ketones is 1. The molecule has 0 radical (unpaired) electrons. The first-order chi connectivity index (χ1) is 15.8. The van der Waals surface area contributed by atoms with Gasteiger partial charge in [-0.05, 0) is 83.6 Å². The average molecular weight is 471 g/mol. The first-order valence-corrected chi connectivity index (χ1v) is 13.1. The smallest absolute Gasteiger partial charge is 0.334 e. The Morgan fingerprint density at radius 2 is 1.88 bits per heavy atom. The Kier molecular flexibility index (Phi) is 4.47. The maximum absolute atomic E-state index is 13.4. The van der Waals surface area contributed by atoms with Gasteiger partial charge in [0.1, 0.15) is 23.1 Å². The molecule has 0 aromatic carbocycles. The minimum Gasteiger partial charge on any atom is -0.455 e. The van der Waals surface area contributed by atoms with Crippen LogP contribution in [0.4, 0.5) is 0 Å². The van der Waals surface area contributed by atoms with Gasteiger partial charge in [0.25, 0.3) is 0 Å². The molecule has 1 spiro atoms. The zero-order valence-electron chi connectivity index (χ0n) is 21.1. The molecule has 9 atom stereocenters. The van der Waals surface area contributed by atoms with Crippen LogP contribution in [-0.4, -0.2) is 51.0 Å². The van der Waals surface area contributed by atoms with Gasteiger partial charge in [-0.15, -0.1) is 0 Å². The Morgan fingerprint density at radius 3 is 2.59 bits per heavy atom. The average Bonchev–Trinajstić information content (AvgIpc) is 3.40. The fourth-order valence-corrected chi connectivity index (χ4v) is 9.15. The minimum atomic E-state index is -1.39. The van der Waals surface area contributed by atoms with Gasteiger partial charge in [-0.3, -0.25) is 4.79 Å². The lowest BCUT2D eigenvalue weighted by Gasteiger charge is -2.61. The lowest BCUT2D eigenvalue weighted by molar-refractivity contribution is -0.193. The maximum Gasteiger partial charge on any atom is 0.334 e. The van der Waals surface area contributed by atoms with Crippen LogP contribution in [0.5, 0.6) is 0 Å². The van der Waals surface area contributed by atoms with E-state index in [0.29, 0.717) is 37.0 Å². The summed E-state index contributed by atoms with van der Waals surface area (Å²) in [4.78, 5) is 25.8. The number of hydrogen-bond donors (Lipinski definition) is 2. The van der Waals surface area contributed by atoms with E-state index in [0.717, 1.165) is 36.8 Å². The van der Waals surface area contributed by atoms with Crippen molar-refractivity contribution in [3.8, 4) is 0 Å². The molecule has 4 aliphatic carbocycles. The quantitative estimate of drug-likeness (QED) is 0.362. The molecule has 6 rings (SSSR count). The number of hydrogen-bond acceptors (Lipinski definition) is 6. The van der Waals surface area contributed by atoms with Gasteiger partial charge in [-0.2, -0.15) is 0 Å². The number of cyclic esters (lactones) is 1. The van der Waals surface area contributed by atoms with Crippen LogP contribution in [0.3, 0.4) is 0 Å². The highest BCUT2D eigenvalue weighted by Crippen LogP contribution is 2.74. The Bertz CT molecular complexity index is 1060. The number of carbonyl (C=O) groups excluding carboxylic acids is 2. The van der Waals surface area contributed by atoms with Crippen molar-refractivity contribution in [1.29, 1.82) is 0 Å². The Morgan fingerprint density at radius 1 is 1.15 bits per heavy atom. The Hall–Kier alpha value is -1.50. The first-order valence-electron chi connectivity index (χ1n) is 13.1. The number of Topliss-reactive ketones (excluding diaryl/α,β-unsaturated/α-hetero) is 1. The van der Waals surface area contributed by atoms with Crippen molar-refractivity contribution in [3.63, 3.8) is 0 Å². The van der Waals surface area contributed by atoms with Gasteiger partial charge in [0.15, 0.2) is 0 Å². The summed E-state index contributed by atoms with van der Waals surface area (Å²) in [6.45, 7) is 9.58. The second-order valence-corrected chi connectivity index (χ2v) is 12.7. The fourth-order valence-electron chi connectivity index (χ4n) is 9.15. The van der Waals surface area contributed by atoms with Crippen LogP contribution < -0.4 is 0 Å². The van der Waals surface area contributed by atoms with Gasteiger partial charge < -0.3 is 19.7 Å². The molecule has 0 bridgehead atoms. The van der Waals surface area contributed by atoms with Crippen molar-refractivity contribution in [2.24, 2.45) is 22.7 Å². The molecule has 0 unspecified atom stereocenters. The predicted molar refractivity (Wildman–Crippen MR) is 125 cm³/mol. The number of fused-ring (bicyclic) bond motifs is 4. The SMILES string of the molecule is CC1=C(C)C(=O)O[C@@H]([C@](C)(O)C2=CC[C@@]3(O)[C@@H]4C[C@H]5O[C@]56CCCC(=O)[C@]6(C)[C@H]4CC[C@]23C)C1. The van der Waals surface area contributed by atoms with E-state index < -0.39 is 28.1 Å². The molecule has 3 saturated carbocycles. The van der Waals surface area contributed by atoms with Gasteiger partial charge in [0, 0.05) is 23.8 Å². The van der Waals surface area contributed by atoms with Gasteiger partial charge in [-0.25, -0.2) is 4.79 Å². The van der Waals surface area contributed by atoms with Crippen molar-refractivity contribution < 1.29 is 29.3 Å². The van der Waals surface area contributed by atoms with Crippen LogP contribution in [0.1, 0.15) is 86.0 Å². The van der Waals surface area contributed by atoms with Crippen molar-refractivity contribution in [2.75, 3.05) is 0 Å². The molecule has 34 heavy (non-hydrogen) atoms. The molecule has 0 amide bonds. The monoisotopic (exact) mass is 470 g/mol. The topological polar surface area (TPSA) is 96.4 Å². The number of ether oxygens (including phenoxy) is 2. The minimum absolute atomic E-state index is 0.0361. The second-order valence-electron chi connectivity index (χ2n) is 12.7. The summed E-state index contributed by atoms with van der Waals surface area (Å²) in [6.07, 6.45) is 6.98. The third kappa shape index (κ3) is 2.43. The van der Waals surface area contributed by atoms with Crippen LogP contribution in [0.15, 0.2) is 22.8 Å². The van der Waals surface area contributed by atoms with E-state index in [1.165, 1.54) is 0 Å². The third-order valence-corrected chi connectivity index (χ3v) is 11.5. The summed E-state index contributed by atoms with van der Waals surface area (Å²) in [5.74, 6) is -0.0699. The number of aliphatic hydroxyl groups is 2. The van der Waals surface area contributed by atoms with Crippen LogP contribution in [0, 0.1) is 22.7 Å². The van der Waals surface area contributed by atoms with Crippen molar-refractivity contribution >= 4 is 11.8 Å². The zero-order chi connectivity index (χ0) is 24.5. The maximum atomic E-state index is 13.4. The number of esters is 1. The Labute approximate surface area is 201 Å². The highest BCUT2D eigenvalue weighted by molar-refractivity contribution is 5.90. The van der Waals surface area contributed by atoms with Crippen LogP contribution in [0.2, 0.25) is 0 Å². The molecule has 6 aliphatic rings. The molecule has 6 heteroatoms. The van der Waals surface area contributed by atoms with E-state index in [1.54, 1.807) is 13.8 Å². The number of carbonyl (C=O) groups is 2. The molecule has 1 saturated heterocycles. The summed E-state index contributed by atoms with van der Waals surface area (Å²) in [6, 6.07) is 0. The lowest BCUT2D eigenvalue weighted by atomic mass is 9.42. The molecule has 0 aromatic heterocycles. The first kappa shape index (κ1) is 22.9. The lowest BCUT2D eigenvalue weighted by Crippen LogP contribution is -2.67. The molecule has 2 N–H and O–H groups in total. The molecular weight excluding hydrogens is 432 g/mol. The van der Waals surface area contributed by atoms with Crippen molar-refractivity contribution in [1.82, 2.24) is 0 Å². The normalized spacial score (nSPS) is 51.4. The molecule has 4 fully saturated rings. The molecule has 2 heterocycles. The Balaban J connectivity index is 1.35. The highest BCUT2D eigenvalue weighted by atomic mass is 16.6. The van der Waals surface area contributed by atoms with Gasteiger partial charge in [0.05, 0.1) is 17.1 Å². The summed E-state index contributed by atoms with van der Waals surface area (Å²) >= 11 is 0. The van der Waals surface area contributed by atoms with E-state index in [9.17, 15) is 19.8 Å². The zero-order valence-corrected chi connectivity index (χ0v) is 21.1. The number of rotatable bonds is 2. The van der Waals surface area contributed by atoms with E-state index in [1.807, 2.05) is 13.0 Å². The van der Waals surface area contributed by atoms with Crippen molar-refractivity contribution in [3.05, 3.63) is 22.8 Å². The van der Waals surface area contributed by atoms with Gasteiger partial charge in [-0.1, -0.05) is 18.6 Å². The molecule has 0 aromatic rings. The van der Waals surface area contributed by atoms with E-state index >= 15 is 0 Å². The van der Waals surface area contributed by atoms with E-state index in [2.05, 4.69) is 13.8 Å². The third-order valence-electron chi connectivity index (χ3n) is 11.5. The summed E-state index contributed by atoms with van der Waals surface area (Å²) < 4.78 is 12.0. The standard InChI is InChI=1S/C28H38O6/c1-15-13-21(33-23(30)16(15)2)26(5,31)19-9-12-27(32)18-14-22-28(34-22)10-6-7-20(29)25(28,4)17(18)8-11-24(19,27)3/h9,17-18,21-22,31-32H,6-8,10-14H2,1-5H3/t17-,18+,21+,22+,24+,25-,26+,27+,28+/m0/s1. The molecule has 6 nitrogen and oxygen atoms in total. The van der Waals surface area contributed by atoms with Gasteiger partial charge >= 0.3 is 5.97 Å². The summed E-state index contributed by atoms with van der Waals surface area (Å²) in [7, 11) is 0. The molecule has 2 aliphatic heterocycles. The van der Waals surface area contributed by atoms with Crippen molar-refractivity contribution in [2.45, 2.75) is 115 Å². The second kappa shape index (κ2) is 6.63.